The number of pyridine rings is 1. The SMILES string of the molecule is CC(C)c1cc(C(C)C)c(-c2cc(Oc3ccc4c5ccccc5n(-c5cc(C(C)(C)C)ccn5)c4c3)cc(N3CN(c4c(-c5c(F)c(F)c(F)c(F)c5F)cc(C(C)(C)C)cc4-c4c(F)c(F)c(F)c(F)c4F)c4ccccc43)c2)c(C(C)C)c1. The molecule has 0 N–H and O–H groups in total. The Kier molecular flexibility index (Phi) is 14.9. The van der Waals surface area contributed by atoms with Crippen LogP contribution in [0.1, 0.15) is 129 Å². The second-order valence-corrected chi connectivity index (χ2v) is 25.1. The maximum absolute atomic E-state index is 16.6. The van der Waals surface area contributed by atoms with Crippen LogP contribution in [0.25, 0.3) is 61.0 Å². The van der Waals surface area contributed by atoms with E-state index < -0.39 is 98.2 Å². The molecule has 10 aromatic rings. The molecule has 15 heteroatoms. The standard InChI is InChI=1S/C71H62F10N4O/c1-35(2)38-27-47(36(3)4)56(48(28-38)37(5)6)39-25-42(32-44(26-39)86-43-21-22-46-45-17-13-14-18-51(45)85(54(46)33-43)55-31-40(23-24-82-55)70(7,8)9)83-34-84(53-20-16-15-19-52(53)83)69-49(57-59(72)63(76)67(80)64(77)60(57)73)29-41(71(10,11)12)30-50(69)58-61(74)65(78)68(81)66(79)62(58)75/h13-33,35-37H,34H2,1-12H3. The fraction of sp³-hybridized carbons (Fsp3) is 0.254. The van der Waals surface area contributed by atoms with Crippen LogP contribution in [0.4, 0.5) is 66.7 Å². The van der Waals surface area contributed by atoms with Crippen molar-refractivity contribution < 1.29 is 48.6 Å². The van der Waals surface area contributed by atoms with Gasteiger partial charge in [0.25, 0.3) is 0 Å². The molecule has 0 saturated carbocycles. The minimum absolute atomic E-state index is 0.00344. The molecule has 86 heavy (non-hydrogen) atoms. The molecule has 2 aromatic heterocycles. The van der Waals surface area contributed by atoms with E-state index in [2.05, 4.69) is 91.1 Å². The molecule has 5 nitrogen and oxygen atoms in total. The van der Waals surface area contributed by atoms with Gasteiger partial charge in [-0.05, 0) is 134 Å². The van der Waals surface area contributed by atoms with Gasteiger partial charge in [0.05, 0.1) is 39.2 Å². The fourth-order valence-electron chi connectivity index (χ4n) is 11.7. The van der Waals surface area contributed by atoms with E-state index in [0.717, 1.165) is 61.8 Å². The first-order valence-corrected chi connectivity index (χ1v) is 28.4. The molecule has 0 amide bonds. The van der Waals surface area contributed by atoms with Gasteiger partial charge >= 0.3 is 0 Å². The molecule has 442 valence electrons. The molecule has 0 radical (unpaired) electrons. The zero-order valence-corrected chi connectivity index (χ0v) is 49.5. The quantitative estimate of drug-likeness (QED) is 0.0734. The Morgan fingerprint density at radius 1 is 0.442 bits per heavy atom. The summed E-state index contributed by atoms with van der Waals surface area (Å²) < 4.78 is 168. The molecule has 0 saturated heterocycles. The number of rotatable bonds is 11. The van der Waals surface area contributed by atoms with Crippen molar-refractivity contribution in [2.45, 2.75) is 112 Å². The number of para-hydroxylation sites is 3. The van der Waals surface area contributed by atoms with E-state index in [1.807, 2.05) is 54.6 Å². The Balaban J connectivity index is 1.18. The third kappa shape index (κ3) is 9.99. The summed E-state index contributed by atoms with van der Waals surface area (Å²) in [6, 6.07) is 36.7. The van der Waals surface area contributed by atoms with Gasteiger partial charge < -0.3 is 14.5 Å². The second-order valence-electron chi connectivity index (χ2n) is 25.1. The monoisotopic (exact) mass is 1180 g/mol. The number of anilines is 4. The zero-order valence-electron chi connectivity index (χ0n) is 49.5. The Hall–Kier alpha value is -8.59. The average molecular weight is 1180 g/mol. The number of fused-ring (bicyclic) bond motifs is 4. The normalized spacial score (nSPS) is 13.0. The van der Waals surface area contributed by atoms with E-state index in [4.69, 9.17) is 9.72 Å². The Morgan fingerprint density at radius 2 is 0.942 bits per heavy atom. The highest BCUT2D eigenvalue weighted by Crippen LogP contribution is 2.55. The van der Waals surface area contributed by atoms with E-state index in [9.17, 15) is 8.78 Å². The minimum atomic E-state index is -2.47. The van der Waals surface area contributed by atoms with Crippen molar-refractivity contribution in [1.82, 2.24) is 9.55 Å². The summed E-state index contributed by atoms with van der Waals surface area (Å²) in [6.07, 6.45) is 1.80. The Bertz CT molecular complexity index is 4220. The predicted octanol–water partition coefficient (Wildman–Crippen LogP) is 21.6. The molecule has 8 aromatic carbocycles. The maximum atomic E-state index is 16.6. The van der Waals surface area contributed by atoms with Crippen molar-refractivity contribution in [3.05, 3.63) is 214 Å². The number of ether oxygens (including phenoxy) is 1. The first-order valence-electron chi connectivity index (χ1n) is 28.4. The molecule has 0 bridgehead atoms. The molecule has 0 atom stereocenters. The van der Waals surface area contributed by atoms with Gasteiger partial charge in [0.2, 0.25) is 11.6 Å². The summed E-state index contributed by atoms with van der Waals surface area (Å²) in [5.74, 6) is -21.8. The van der Waals surface area contributed by atoms with Gasteiger partial charge in [-0.2, -0.15) is 0 Å². The lowest BCUT2D eigenvalue weighted by Gasteiger charge is -2.31. The number of benzene rings is 8. The molecule has 1 aliphatic rings. The van der Waals surface area contributed by atoms with Crippen LogP contribution in [0.5, 0.6) is 11.5 Å². The number of aromatic nitrogens is 2. The molecule has 1 aliphatic heterocycles. The third-order valence-corrected chi connectivity index (χ3v) is 16.3. The predicted molar refractivity (Wildman–Crippen MR) is 323 cm³/mol. The third-order valence-electron chi connectivity index (χ3n) is 16.3. The first kappa shape index (κ1) is 59.2. The number of hydrogen-bond acceptors (Lipinski definition) is 4. The van der Waals surface area contributed by atoms with Crippen molar-refractivity contribution in [3.63, 3.8) is 0 Å². The smallest absolute Gasteiger partial charge is 0.200 e. The number of nitrogens with zero attached hydrogens (tertiary/aromatic N) is 4. The summed E-state index contributed by atoms with van der Waals surface area (Å²) in [6.45, 7) is 23.4. The van der Waals surface area contributed by atoms with Gasteiger partial charge in [-0.1, -0.05) is 126 Å². The van der Waals surface area contributed by atoms with Crippen LogP contribution in [0, 0.1) is 58.2 Å². The van der Waals surface area contributed by atoms with E-state index in [-0.39, 0.29) is 34.4 Å². The van der Waals surface area contributed by atoms with Crippen molar-refractivity contribution >= 4 is 44.6 Å². The van der Waals surface area contributed by atoms with E-state index in [1.165, 1.54) is 4.90 Å². The van der Waals surface area contributed by atoms with Crippen molar-refractivity contribution in [1.29, 1.82) is 0 Å². The van der Waals surface area contributed by atoms with Crippen molar-refractivity contribution in [3.8, 4) is 50.7 Å². The van der Waals surface area contributed by atoms with Crippen molar-refractivity contribution in [2.24, 2.45) is 0 Å². The molecular formula is C71H62F10N4O. The van der Waals surface area contributed by atoms with Crippen LogP contribution < -0.4 is 14.5 Å². The summed E-state index contributed by atoms with van der Waals surface area (Å²) in [7, 11) is 0. The highest BCUT2D eigenvalue weighted by atomic mass is 19.2. The van der Waals surface area contributed by atoms with Crippen molar-refractivity contribution in [2.75, 3.05) is 16.5 Å². The van der Waals surface area contributed by atoms with Crippen LogP contribution in [-0.4, -0.2) is 16.2 Å². The highest BCUT2D eigenvalue weighted by molar-refractivity contribution is 6.09. The molecular weight excluding hydrogens is 1110 g/mol. The van der Waals surface area contributed by atoms with Gasteiger partial charge in [-0.25, -0.2) is 48.9 Å². The molecule has 0 unspecified atom stereocenters. The van der Waals surface area contributed by atoms with Crippen LogP contribution >= 0.6 is 0 Å². The van der Waals surface area contributed by atoms with Crippen LogP contribution in [0.2, 0.25) is 0 Å². The van der Waals surface area contributed by atoms with Crippen LogP contribution in [-0.2, 0) is 10.8 Å². The van der Waals surface area contributed by atoms with Crippen LogP contribution in [0.3, 0.4) is 0 Å². The van der Waals surface area contributed by atoms with Gasteiger partial charge in [0.15, 0.2) is 46.5 Å². The first-order chi connectivity index (χ1) is 40.6. The minimum Gasteiger partial charge on any atom is -0.457 e. The molecule has 3 heterocycles. The van der Waals surface area contributed by atoms with E-state index in [1.54, 1.807) is 62.2 Å². The van der Waals surface area contributed by atoms with Gasteiger partial charge in [0, 0.05) is 45.9 Å². The lowest BCUT2D eigenvalue weighted by molar-refractivity contribution is 0.381. The lowest BCUT2D eigenvalue weighted by Crippen LogP contribution is -2.26. The van der Waals surface area contributed by atoms with E-state index >= 15 is 35.1 Å². The van der Waals surface area contributed by atoms with Crippen LogP contribution in [0.15, 0.2) is 128 Å². The van der Waals surface area contributed by atoms with E-state index in [0.29, 0.717) is 34.3 Å². The summed E-state index contributed by atoms with van der Waals surface area (Å²) in [5.41, 5.74) is 2.08. The summed E-state index contributed by atoms with van der Waals surface area (Å²) >= 11 is 0. The Labute approximate surface area is 493 Å². The van der Waals surface area contributed by atoms with Gasteiger partial charge in [-0.15, -0.1) is 0 Å². The highest BCUT2D eigenvalue weighted by Gasteiger charge is 2.39. The fourth-order valence-corrected chi connectivity index (χ4v) is 11.7. The molecule has 0 aliphatic carbocycles. The topological polar surface area (TPSA) is 33.5 Å². The van der Waals surface area contributed by atoms with Gasteiger partial charge in [0.1, 0.15) is 24.0 Å². The Morgan fingerprint density at radius 3 is 1.47 bits per heavy atom. The zero-order chi connectivity index (χ0) is 61.9. The molecule has 11 rings (SSSR count). The number of halogens is 10. The molecule has 0 spiro atoms. The van der Waals surface area contributed by atoms with Gasteiger partial charge in [-0.3, -0.25) is 4.57 Å². The second kappa shape index (κ2) is 21.7. The molecule has 0 fully saturated rings. The summed E-state index contributed by atoms with van der Waals surface area (Å²) in [5, 5.41) is 1.93. The summed E-state index contributed by atoms with van der Waals surface area (Å²) in [4.78, 5) is 7.93. The number of hydrogen-bond donors (Lipinski definition) is 0. The lowest BCUT2D eigenvalue weighted by atomic mass is 9.81. The largest absolute Gasteiger partial charge is 0.457 e. The average Bonchev–Trinajstić information content (AvgIpc) is 1.45. The maximum Gasteiger partial charge on any atom is 0.200 e.